The Balaban J connectivity index is 2.24. The average Bonchev–Trinajstić information content (AvgIpc) is 2.38. The lowest BCUT2D eigenvalue weighted by molar-refractivity contribution is 0.269. The van der Waals surface area contributed by atoms with Gasteiger partial charge >= 0.3 is 0 Å². The van der Waals surface area contributed by atoms with Gasteiger partial charge < -0.3 is 10.2 Å². The summed E-state index contributed by atoms with van der Waals surface area (Å²) < 4.78 is 0. The van der Waals surface area contributed by atoms with Gasteiger partial charge in [0.2, 0.25) is 0 Å². The van der Waals surface area contributed by atoms with Crippen molar-refractivity contribution in [1.29, 1.82) is 5.26 Å². The first-order valence-corrected chi connectivity index (χ1v) is 6.54. The molecule has 3 nitrogen and oxygen atoms in total. The van der Waals surface area contributed by atoms with Gasteiger partial charge in [0.1, 0.15) is 0 Å². The largest absolute Gasteiger partial charge is 0.313 e. The van der Waals surface area contributed by atoms with E-state index >= 15 is 0 Å². The molecule has 1 rings (SSSR count). The minimum atomic E-state index is 0.601. The molecule has 1 aromatic carbocycles. The minimum absolute atomic E-state index is 0.601. The summed E-state index contributed by atoms with van der Waals surface area (Å²) in [6, 6.07) is 10.6. The van der Waals surface area contributed by atoms with E-state index in [1.807, 2.05) is 24.3 Å². The van der Waals surface area contributed by atoms with Crippen LogP contribution in [0.25, 0.3) is 0 Å². The van der Waals surface area contributed by atoms with Crippen molar-refractivity contribution in [1.82, 2.24) is 10.2 Å². The topological polar surface area (TPSA) is 39.1 Å². The van der Waals surface area contributed by atoms with Crippen LogP contribution in [0.3, 0.4) is 0 Å². The zero-order valence-corrected chi connectivity index (χ0v) is 11.6. The Morgan fingerprint density at radius 1 is 1.33 bits per heavy atom. The van der Waals surface area contributed by atoms with Crippen LogP contribution in [-0.4, -0.2) is 31.1 Å². The highest BCUT2D eigenvalue weighted by atomic mass is 15.1. The minimum Gasteiger partial charge on any atom is -0.313 e. The second-order valence-electron chi connectivity index (χ2n) is 4.87. The summed E-state index contributed by atoms with van der Waals surface area (Å²) in [5.41, 5.74) is 1.85. The molecule has 98 valence electrons. The standard InChI is InChI=1S/C15H23N3/c1-13(2)18(3)10-6-9-17-12-15-8-5-4-7-14(15)11-16/h4-5,7-8,13,17H,6,9-10,12H2,1-3H3. The molecule has 0 spiro atoms. The highest BCUT2D eigenvalue weighted by Crippen LogP contribution is 2.06. The molecule has 0 unspecified atom stereocenters. The number of nitrogens with one attached hydrogen (secondary N) is 1. The summed E-state index contributed by atoms with van der Waals surface area (Å²) >= 11 is 0. The summed E-state index contributed by atoms with van der Waals surface area (Å²) in [7, 11) is 2.15. The van der Waals surface area contributed by atoms with E-state index in [0.29, 0.717) is 6.04 Å². The van der Waals surface area contributed by atoms with E-state index in [0.717, 1.165) is 37.2 Å². The molecule has 3 heteroatoms. The molecular formula is C15H23N3. The first kappa shape index (κ1) is 14.7. The van der Waals surface area contributed by atoms with Crippen LogP contribution in [0.4, 0.5) is 0 Å². The van der Waals surface area contributed by atoms with Gasteiger partial charge in [-0.3, -0.25) is 0 Å². The predicted molar refractivity (Wildman–Crippen MR) is 75.2 cm³/mol. The molecule has 0 aliphatic rings. The molecule has 0 radical (unpaired) electrons. The number of nitrogens with zero attached hydrogens (tertiary/aromatic N) is 2. The second-order valence-corrected chi connectivity index (χ2v) is 4.87. The zero-order valence-electron chi connectivity index (χ0n) is 11.6. The van der Waals surface area contributed by atoms with Crippen molar-refractivity contribution in [2.75, 3.05) is 20.1 Å². The maximum Gasteiger partial charge on any atom is 0.0995 e. The molecule has 0 atom stereocenters. The van der Waals surface area contributed by atoms with Crippen molar-refractivity contribution in [3.05, 3.63) is 35.4 Å². The fraction of sp³-hybridized carbons (Fsp3) is 0.533. The van der Waals surface area contributed by atoms with E-state index in [1.165, 1.54) is 0 Å². The van der Waals surface area contributed by atoms with Crippen molar-refractivity contribution >= 4 is 0 Å². The highest BCUT2D eigenvalue weighted by molar-refractivity contribution is 5.37. The molecule has 0 fully saturated rings. The molecule has 0 amide bonds. The van der Waals surface area contributed by atoms with Gasteiger partial charge in [0.15, 0.2) is 0 Å². The van der Waals surface area contributed by atoms with Crippen molar-refractivity contribution in [2.45, 2.75) is 32.9 Å². The third kappa shape index (κ3) is 4.87. The second kappa shape index (κ2) is 7.86. The molecule has 0 aliphatic carbocycles. The first-order chi connectivity index (χ1) is 8.65. The van der Waals surface area contributed by atoms with E-state index in [2.05, 4.69) is 37.2 Å². The summed E-state index contributed by atoms with van der Waals surface area (Å²) in [5.74, 6) is 0. The van der Waals surface area contributed by atoms with Crippen LogP contribution >= 0.6 is 0 Å². The Morgan fingerprint density at radius 3 is 2.72 bits per heavy atom. The van der Waals surface area contributed by atoms with Crippen LogP contribution in [0.1, 0.15) is 31.4 Å². The fourth-order valence-corrected chi connectivity index (χ4v) is 1.72. The third-order valence-electron chi connectivity index (χ3n) is 3.20. The molecular weight excluding hydrogens is 222 g/mol. The summed E-state index contributed by atoms with van der Waals surface area (Å²) in [5, 5.41) is 12.4. The number of benzene rings is 1. The van der Waals surface area contributed by atoms with E-state index < -0.39 is 0 Å². The van der Waals surface area contributed by atoms with Gasteiger partial charge in [0, 0.05) is 12.6 Å². The van der Waals surface area contributed by atoms with E-state index in [4.69, 9.17) is 5.26 Å². The smallest absolute Gasteiger partial charge is 0.0995 e. The zero-order chi connectivity index (χ0) is 13.4. The van der Waals surface area contributed by atoms with Gasteiger partial charge in [-0.15, -0.1) is 0 Å². The normalized spacial score (nSPS) is 10.9. The highest BCUT2D eigenvalue weighted by Gasteiger charge is 2.02. The van der Waals surface area contributed by atoms with Crippen LogP contribution in [0.2, 0.25) is 0 Å². The Labute approximate surface area is 110 Å². The number of rotatable bonds is 7. The van der Waals surface area contributed by atoms with Gasteiger partial charge in [0.05, 0.1) is 11.6 Å². The first-order valence-electron chi connectivity index (χ1n) is 6.54. The molecule has 0 aromatic heterocycles. The maximum atomic E-state index is 8.97. The van der Waals surface area contributed by atoms with Crippen molar-refractivity contribution < 1.29 is 0 Å². The molecule has 0 aliphatic heterocycles. The van der Waals surface area contributed by atoms with E-state index in [9.17, 15) is 0 Å². The Kier molecular flexibility index (Phi) is 6.42. The predicted octanol–water partition coefficient (Wildman–Crippen LogP) is 2.38. The number of hydrogen-bond donors (Lipinski definition) is 1. The molecule has 1 N–H and O–H groups in total. The monoisotopic (exact) mass is 245 g/mol. The van der Waals surface area contributed by atoms with E-state index in [-0.39, 0.29) is 0 Å². The molecule has 0 bridgehead atoms. The van der Waals surface area contributed by atoms with E-state index in [1.54, 1.807) is 0 Å². The fourth-order valence-electron chi connectivity index (χ4n) is 1.72. The van der Waals surface area contributed by atoms with Gasteiger partial charge in [0.25, 0.3) is 0 Å². The van der Waals surface area contributed by atoms with Gasteiger partial charge in [-0.2, -0.15) is 5.26 Å². The average molecular weight is 245 g/mol. The summed E-state index contributed by atoms with van der Waals surface area (Å²) in [6.45, 7) is 7.27. The Bertz CT molecular complexity index is 393. The lowest BCUT2D eigenvalue weighted by Gasteiger charge is -2.20. The molecule has 18 heavy (non-hydrogen) atoms. The van der Waals surface area contributed by atoms with Crippen molar-refractivity contribution in [3.8, 4) is 6.07 Å². The Morgan fingerprint density at radius 2 is 2.06 bits per heavy atom. The van der Waals surface area contributed by atoms with Crippen molar-refractivity contribution in [2.24, 2.45) is 0 Å². The summed E-state index contributed by atoms with van der Waals surface area (Å²) in [6.07, 6.45) is 1.13. The van der Waals surface area contributed by atoms with Crippen molar-refractivity contribution in [3.63, 3.8) is 0 Å². The van der Waals surface area contributed by atoms with Crippen LogP contribution in [0, 0.1) is 11.3 Å². The molecule has 0 heterocycles. The lowest BCUT2D eigenvalue weighted by Crippen LogP contribution is -2.29. The van der Waals surface area contributed by atoms with Crippen LogP contribution in [0.15, 0.2) is 24.3 Å². The summed E-state index contributed by atoms with van der Waals surface area (Å²) in [4.78, 5) is 2.34. The van der Waals surface area contributed by atoms with Gasteiger partial charge in [-0.1, -0.05) is 18.2 Å². The lowest BCUT2D eigenvalue weighted by atomic mass is 10.1. The molecule has 1 aromatic rings. The van der Waals surface area contributed by atoms with Crippen LogP contribution in [-0.2, 0) is 6.54 Å². The molecule has 0 saturated heterocycles. The third-order valence-corrected chi connectivity index (χ3v) is 3.20. The maximum absolute atomic E-state index is 8.97. The SMILES string of the molecule is CC(C)N(C)CCCNCc1ccccc1C#N. The van der Waals surface area contributed by atoms with Gasteiger partial charge in [-0.25, -0.2) is 0 Å². The molecule has 0 saturated carbocycles. The van der Waals surface area contributed by atoms with Crippen LogP contribution in [0.5, 0.6) is 0 Å². The van der Waals surface area contributed by atoms with Crippen LogP contribution < -0.4 is 5.32 Å². The number of nitriles is 1. The Hall–Kier alpha value is -1.37. The quantitative estimate of drug-likeness (QED) is 0.750. The van der Waals surface area contributed by atoms with Gasteiger partial charge in [-0.05, 0) is 52.0 Å². The number of hydrogen-bond acceptors (Lipinski definition) is 3.